The molecule has 4 saturated carbocycles. The number of rotatable bonds is 2. The first kappa shape index (κ1) is 18.0. The summed E-state index contributed by atoms with van der Waals surface area (Å²) in [7, 11) is 0. The molecule has 0 saturated heterocycles. The number of hydrogen-bond donors (Lipinski definition) is 2. The van der Waals surface area contributed by atoms with Gasteiger partial charge in [0, 0.05) is 0 Å². The molecule has 4 aliphatic rings. The van der Waals surface area contributed by atoms with Crippen LogP contribution < -0.4 is 0 Å². The van der Waals surface area contributed by atoms with Gasteiger partial charge < -0.3 is 10.2 Å². The van der Waals surface area contributed by atoms with Crippen molar-refractivity contribution in [2.75, 3.05) is 0 Å². The van der Waals surface area contributed by atoms with Crippen LogP contribution in [-0.2, 0) is 0 Å². The van der Waals surface area contributed by atoms with E-state index < -0.39 is 0 Å². The Morgan fingerprint density at radius 3 is 2.32 bits per heavy atom. The number of allylic oxidation sites excluding steroid dienone is 1. The van der Waals surface area contributed by atoms with Crippen molar-refractivity contribution >= 4 is 0 Å². The minimum atomic E-state index is -0.209. The van der Waals surface area contributed by atoms with Crippen molar-refractivity contribution in [2.24, 2.45) is 46.3 Å². The number of hydrogen-bond acceptors (Lipinski definition) is 2. The summed E-state index contributed by atoms with van der Waals surface area (Å²) >= 11 is 0. The lowest BCUT2D eigenvalue weighted by Gasteiger charge is -2.62. The summed E-state index contributed by atoms with van der Waals surface area (Å²) in [6, 6.07) is 0. The van der Waals surface area contributed by atoms with E-state index in [1.807, 2.05) is 0 Å². The Hall–Kier alpha value is -0.340. The summed E-state index contributed by atoms with van der Waals surface area (Å²) in [5, 5.41) is 21.2. The van der Waals surface area contributed by atoms with Crippen LogP contribution >= 0.6 is 0 Å². The normalized spacial score (nSPS) is 56.4. The van der Waals surface area contributed by atoms with Crippen molar-refractivity contribution < 1.29 is 10.2 Å². The summed E-state index contributed by atoms with van der Waals surface area (Å²) in [6.07, 6.45) is 11.0. The van der Waals surface area contributed by atoms with Gasteiger partial charge in [0.05, 0.1) is 12.2 Å². The van der Waals surface area contributed by atoms with E-state index in [1.54, 1.807) is 0 Å². The molecule has 0 aromatic heterocycles. The van der Waals surface area contributed by atoms with Gasteiger partial charge in [0.2, 0.25) is 0 Å². The van der Waals surface area contributed by atoms with Crippen molar-refractivity contribution in [2.45, 2.75) is 84.3 Å². The van der Waals surface area contributed by atoms with Gasteiger partial charge in [-0.05, 0) is 97.7 Å². The van der Waals surface area contributed by atoms with Crippen molar-refractivity contribution in [3.8, 4) is 0 Å². The van der Waals surface area contributed by atoms with Crippen molar-refractivity contribution in [1.29, 1.82) is 0 Å². The second-order valence-electron chi connectivity index (χ2n) is 10.5. The second kappa shape index (κ2) is 6.09. The van der Waals surface area contributed by atoms with Crippen LogP contribution in [0.1, 0.15) is 72.1 Å². The predicted octanol–water partition coefficient (Wildman–Crippen LogP) is 4.80. The largest absolute Gasteiger partial charge is 0.393 e. The van der Waals surface area contributed by atoms with Crippen molar-refractivity contribution in [1.82, 2.24) is 0 Å². The molecule has 4 rings (SSSR count). The van der Waals surface area contributed by atoms with Crippen molar-refractivity contribution in [3.63, 3.8) is 0 Å². The fourth-order valence-corrected chi connectivity index (χ4v) is 8.35. The quantitative estimate of drug-likeness (QED) is 0.705. The Kier molecular flexibility index (Phi) is 4.40. The summed E-state index contributed by atoms with van der Waals surface area (Å²) in [5.41, 5.74) is 0.677. The zero-order chi connectivity index (χ0) is 18.0. The molecule has 0 radical (unpaired) electrons. The smallest absolute Gasteiger partial charge is 0.0577 e. The summed E-state index contributed by atoms with van der Waals surface area (Å²) in [6.45, 7) is 11.4. The molecular formula is C23H38O2. The highest BCUT2D eigenvalue weighted by Gasteiger charge is 2.62. The SMILES string of the molecule is C=C[C@@H](C)[C@H]1CC[C@H]2[C@@H]3C[C@H](O)[C@@H]4C[C@H](O)CC[C@]4(C)[C@H]3CC[C@]12C. The number of fused-ring (bicyclic) bond motifs is 5. The third-order valence-electron chi connectivity index (χ3n) is 9.73. The third kappa shape index (κ3) is 2.50. The topological polar surface area (TPSA) is 40.5 Å². The molecule has 10 atom stereocenters. The molecule has 4 fully saturated rings. The van der Waals surface area contributed by atoms with Gasteiger partial charge in [-0.3, -0.25) is 0 Å². The molecule has 0 unspecified atom stereocenters. The van der Waals surface area contributed by atoms with Gasteiger partial charge in [-0.1, -0.05) is 26.8 Å². The fraction of sp³-hybridized carbons (Fsp3) is 0.913. The van der Waals surface area contributed by atoms with Gasteiger partial charge in [-0.25, -0.2) is 0 Å². The molecule has 2 N–H and O–H groups in total. The van der Waals surface area contributed by atoms with Crippen LogP contribution in [0, 0.1) is 46.3 Å². The zero-order valence-electron chi connectivity index (χ0n) is 16.5. The standard InChI is InChI=1S/C23H38O2/c1-5-14(2)17-6-7-18-16-13-21(25)20-12-15(24)8-10-23(20,4)19(16)9-11-22(17,18)3/h5,14-21,24-25H,1,6-13H2,2-4H3/t14-,15-,16+,17-,18+,19+,20+,21+,22-,23-/m1/s1. The van der Waals surface area contributed by atoms with Crippen LogP contribution in [0.25, 0.3) is 0 Å². The summed E-state index contributed by atoms with van der Waals surface area (Å²) < 4.78 is 0. The molecule has 142 valence electrons. The maximum Gasteiger partial charge on any atom is 0.0577 e. The van der Waals surface area contributed by atoms with Crippen LogP contribution in [0.2, 0.25) is 0 Å². The molecule has 0 amide bonds. The Labute approximate surface area is 154 Å². The van der Waals surface area contributed by atoms with Crippen molar-refractivity contribution in [3.05, 3.63) is 12.7 Å². The molecule has 0 aliphatic heterocycles. The minimum absolute atomic E-state index is 0.192. The van der Waals surface area contributed by atoms with Crippen LogP contribution in [0.3, 0.4) is 0 Å². The van der Waals surface area contributed by atoms with Crippen LogP contribution in [0.4, 0.5) is 0 Å². The average molecular weight is 347 g/mol. The van der Waals surface area contributed by atoms with E-state index in [1.165, 1.54) is 25.7 Å². The van der Waals surface area contributed by atoms with E-state index in [4.69, 9.17) is 0 Å². The van der Waals surface area contributed by atoms with Gasteiger partial charge in [-0.2, -0.15) is 0 Å². The maximum absolute atomic E-state index is 11.0. The average Bonchev–Trinajstić information content (AvgIpc) is 2.93. The van der Waals surface area contributed by atoms with Gasteiger partial charge in [0.25, 0.3) is 0 Å². The highest BCUT2D eigenvalue weighted by molar-refractivity contribution is 5.12. The molecular weight excluding hydrogens is 308 g/mol. The lowest BCUT2D eigenvalue weighted by Crippen LogP contribution is -2.58. The monoisotopic (exact) mass is 346 g/mol. The molecule has 0 heterocycles. The van der Waals surface area contributed by atoms with Gasteiger partial charge in [0.1, 0.15) is 0 Å². The van der Waals surface area contributed by atoms with Crippen LogP contribution in [0.15, 0.2) is 12.7 Å². The predicted molar refractivity (Wildman–Crippen MR) is 102 cm³/mol. The number of aliphatic hydroxyl groups is 2. The van der Waals surface area contributed by atoms with Crippen LogP contribution in [0.5, 0.6) is 0 Å². The first-order chi connectivity index (χ1) is 11.8. The molecule has 0 spiro atoms. The summed E-state index contributed by atoms with van der Waals surface area (Å²) in [4.78, 5) is 0. The maximum atomic E-state index is 11.0. The number of aliphatic hydroxyl groups excluding tert-OH is 2. The molecule has 0 aromatic rings. The van der Waals surface area contributed by atoms with E-state index in [-0.39, 0.29) is 17.6 Å². The lowest BCUT2D eigenvalue weighted by atomic mass is 9.44. The van der Waals surface area contributed by atoms with Crippen LogP contribution in [-0.4, -0.2) is 22.4 Å². The molecule has 0 aromatic carbocycles. The minimum Gasteiger partial charge on any atom is -0.393 e. The first-order valence-corrected chi connectivity index (χ1v) is 10.8. The highest BCUT2D eigenvalue weighted by Crippen LogP contribution is 2.68. The Morgan fingerprint density at radius 2 is 1.60 bits per heavy atom. The molecule has 2 nitrogen and oxygen atoms in total. The first-order valence-electron chi connectivity index (χ1n) is 10.8. The molecule has 25 heavy (non-hydrogen) atoms. The van der Waals surface area contributed by atoms with Gasteiger partial charge >= 0.3 is 0 Å². The second-order valence-corrected chi connectivity index (χ2v) is 10.5. The van der Waals surface area contributed by atoms with E-state index in [0.717, 1.165) is 43.4 Å². The fourth-order valence-electron chi connectivity index (χ4n) is 8.35. The molecule has 2 heteroatoms. The highest BCUT2D eigenvalue weighted by atomic mass is 16.3. The molecule has 4 aliphatic carbocycles. The van der Waals surface area contributed by atoms with E-state index >= 15 is 0 Å². The van der Waals surface area contributed by atoms with Gasteiger partial charge in [-0.15, -0.1) is 6.58 Å². The molecule has 0 bridgehead atoms. The summed E-state index contributed by atoms with van der Waals surface area (Å²) in [5.74, 6) is 3.90. The van der Waals surface area contributed by atoms with Gasteiger partial charge in [0.15, 0.2) is 0 Å². The van der Waals surface area contributed by atoms with E-state index in [0.29, 0.717) is 23.2 Å². The Balaban J connectivity index is 1.63. The Bertz CT molecular complexity index is 530. The zero-order valence-corrected chi connectivity index (χ0v) is 16.5. The van der Waals surface area contributed by atoms with E-state index in [2.05, 4.69) is 33.4 Å². The third-order valence-corrected chi connectivity index (χ3v) is 9.73. The van der Waals surface area contributed by atoms with E-state index in [9.17, 15) is 10.2 Å². The lowest BCUT2D eigenvalue weighted by molar-refractivity contribution is -0.171. The Morgan fingerprint density at radius 1 is 0.920 bits per heavy atom.